The molecular formula is C11H24N2. The molecule has 0 radical (unpaired) electrons. The van der Waals surface area contributed by atoms with Crippen molar-refractivity contribution in [3.05, 3.63) is 0 Å². The first-order valence-corrected chi connectivity index (χ1v) is 5.76. The molecular weight excluding hydrogens is 160 g/mol. The van der Waals surface area contributed by atoms with Gasteiger partial charge in [-0.25, -0.2) is 0 Å². The monoisotopic (exact) mass is 184 g/mol. The van der Waals surface area contributed by atoms with E-state index in [2.05, 4.69) is 31.0 Å². The number of nitrogens with zero attached hydrogens (tertiary/aromatic N) is 1. The van der Waals surface area contributed by atoms with E-state index in [4.69, 9.17) is 0 Å². The Bertz CT molecular complexity index is 130. The third-order valence-electron chi connectivity index (χ3n) is 3.14. The summed E-state index contributed by atoms with van der Waals surface area (Å²) in [4.78, 5) is 2.68. The zero-order valence-electron chi connectivity index (χ0n) is 9.34. The third-order valence-corrected chi connectivity index (χ3v) is 3.14. The Balaban J connectivity index is 2.44. The largest absolute Gasteiger partial charge is 0.315 e. The van der Waals surface area contributed by atoms with Gasteiger partial charge < -0.3 is 5.32 Å². The van der Waals surface area contributed by atoms with Gasteiger partial charge in [0.05, 0.1) is 0 Å². The number of nitrogens with one attached hydrogen (secondary N) is 1. The first kappa shape index (κ1) is 11.0. The van der Waals surface area contributed by atoms with Crippen LogP contribution in [0, 0.1) is 0 Å². The SMILES string of the molecule is CCCN(C(C)CC)C1CCNC1. The first-order valence-electron chi connectivity index (χ1n) is 5.76. The van der Waals surface area contributed by atoms with Gasteiger partial charge in [0, 0.05) is 18.6 Å². The van der Waals surface area contributed by atoms with Crippen LogP contribution in [0.3, 0.4) is 0 Å². The highest BCUT2D eigenvalue weighted by Gasteiger charge is 2.24. The molecule has 0 aromatic carbocycles. The Labute approximate surface area is 82.7 Å². The standard InChI is InChI=1S/C11H24N2/c1-4-8-13(10(3)5-2)11-6-7-12-9-11/h10-12H,4-9H2,1-3H3. The summed E-state index contributed by atoms with van der Waals surface area (Å²) in [6.45, 7) is 10.6. The first-order chi connectivity index (χ1) is 6.29. The van der Waals surface area contributed by atoms with E-state index in [1.807, 2.05) is 0 Å². The molecule has 2 atom stereocenters. The van der Waals surface area contributed by atoms with Crippen molar-refractivity contribution in [2.24, 2.45) is 0 Å². The lowest BCUT2D eigenvalue weighted by molar-refractivity contribution is 0.149. The van der Waals surface area contributed by atoms with Crippen LogP contribution >= 0.6 is 0 Å². The van der Waals surface area contributed by atoms with E-state index in [0.29, 0.717) is 0 Å². The van der Waals surface area contributed by atoms with Crippen molar-refractivity contribution < 1.29 is 0 Å². The van der Waals surface area contributed by atoms with Crippen LogP contribution in [0.2, 0.25) is 0 Å². The highest BCUT2D eigenvalue weighted by molar-refractivity contribution is 4.83. The molecule has 0 aromatic rings. The summed E-state index contributed by atoms with van der Waals surface area (Å²) in [6, 6.07) is 1.56. The van der Waals surface area contributed by atoms with Gasteiger partial charge in [0.15, 0.2) is 0 Å². The van der Waals surface area contributed by atoms with Gasteiger partial charge in [-0.1, -0.05) is 13.8 Å². The molecule has 1 rings (SSSR count). The van der Waals surface area contributed by atoms with Crippen molar-refractivity contribution in [1.82, 2.24) is 10.2 Å². The molecule has 2 nitrogen and oxygen atoms in total. The minimum Gasteiger partial charge on any atom is -0.315 e. The summed E-state index contributed by atoms with van der Waals surface area (Å²) in [6.07, 6.45) is 3.89. The fourth-order valence-corrected chi connectivity index (χ4v) is 2.18. The van der Waals surface area contributed by atoms with Gasteiger partial charge in [0.1, 0.15) is 0 Å². The zero-order chi connectivity index (χ0) is 9.68. The highest BCUT2D eigenvalue weighted by Crippen LogP contribution is 2.14. The van der Waals surface area contributed by atoms with Crippen LogP contribution in [0.15, 0.2) is 0 Å². The Morgan fingerprint density at radius 3 is 2.69 bits per heavy atom. The number of hydrogen-bond acceptors (Lipinski definition) is 2. The van der Waals surface area contributed by atoms with Crippen LogP contribution in [0.4, 0.5) is 0 Å². The van der Waals surface area contributed by atoms with E-state index in [-0.39, 0.29) is 0 Å². The molecule has 78 valence electrons. The second kappa shape index (κ2) is 5.61. The molecule has 0 amide bonds. The molecule has 1 heterocycles. The fourth-order valence-electron chi connectivity index (χ4n) is 2.18. The Kier molecular flexibility index (Phi) is 4.74. The van der Waals surface area contributed by atoms with E-state index in [1.165, 1.54) is 38.9 Å². The molecule has 1 N–H and O–H groups in total. The van der Waals surface area contributed by atoms with E-state index < -0.39 is 0 Å². The quantitative estimate of drug-likeness (QED) is 0.701. The Morgan fingerprint density at radius 1 is 1.46 bits per heavy atom. The van der Waals surface area contributed by atoms with Crippen molar-refractivity contribution in [3.63, 3.8) is 0 Å². The zero-order valence-corrected chi connectivity index (χ0v) is 9.34. The Morgan fingerprint density at radius 2 is 2.23 bits per heavy atom. The molecule has 1 saturated heterocycles. The Hall–Kier alpha value is -0.0800. The summed E-state index contributed by atoms with van der Waals surface area (Å²) in [5.74, 6) is 0. The predicted octanol–water partition coefficient (Wildman–Crippen LogP) is 1.86. The van der Waals surface area contributed by atoms with Crippen molar-refractivity contribution in [2.45, 2.75) is 52.1 Å². The fraction of sp³-hybridized carbons (Fsp3) is 1.00. The minimum atomic E-state index is 0.754. The van der Waals surface area contributed by atoms with Gasteiger partial charge in [-0.3, -0.25) is 4.90 Å². The van der Waals surface area contributed by atoms with Gasteiger partial charge in [-0.05, 0) is 39.3 Å². The summed E-state index contributed by atoms with van der Waals surface area (Å²) >= 11 is 0. The second-order valence-electron chi connectivity index (χ2n) is 4.14. The topological polar surface area (TPSA) is 15.3 Å². The predicted molar refractivity (Wildman–Crippen MR) is 58.0 cm³/mol. The summed E-state index contributed by atoms with van der Waals surface area (Å²) < 4.78 is 0. The summed E-state index contributed by atoms with van der Waals surface area (Å²) in [5.41, 5.74) is 0. The van der Waals surface area contributed by atoms with Gasteiger partial charge >= 0.3 is 0 Å². The van der Waals surface area contributed by atoms with Gasteiger partial charge in [-0.15, -0.1) is 0 Å². The van der Waals surface area contributed by atoms with Crippen LogP contribution < -0.4 is 5.32 Å². The van der Waals surface area contributed by atoms with Crippen LogP contribution in [0.1, 0.15) is 40.0 Å². The number of hydrogen-bond donors (Lipinski definition) is 1. The van der Waals surface area contributed by atoms with Gasteiger partial charge in [-0.2, -0.15) is 0 Å². The second-order valence-corrected chi connectivity index (χ2v) is 4.14. The highest BCUT2D eigenvalue weighted by atomic mass is 15.2. The minimum absolute atomic E-state index is 0.754. The molecule has 1 aliphatic rings. The maximum Gasteiger partial charge on any atom is 0.0235 e. The van der Waals surface area contributed by atoms with Crippen LogP contribution in [-0.4, -0.2) is 36.6 Å². The van der Waals surface area contributed by atoms with Crippen LogP contribution in [0.25, 0.3) is 0 Å². The number of rotatable bonds is 5. The average Bonchev–Trinajstić information content (AvgIpc) is 2.65. The van der Waals surface area contributed by atoms with Crippen molar-refractivity contribution in [2.75, 3.05) is 19.6 Å². The lowest BCUT2D eigenvalue weighted by Gasteiger charge is -2.33. The van der Waals surface area contributed by atoms with E-state index in [0.717, 1.165) is 12.1 Å². The van der Waals surface area contributed by atoms with E-state index >= 15 is 0 Å². The maximum absolute atomic E-state index is 3.45. The maximum atomic E-state index is 3.45. The molecule has 2 unspecified atom stereocenters. The molecule has 0 spiro atoms. The molecule has 0 bridgehead atoms. The molecule has 1 fully saturated rings. The van der Waals surface area contributed by atoms with Crippen LogP contribution in [0.5, 0.6) is 0 Å². The van der Waals surface area contributed by atoms with Gasteiger partial charge in [0.25, 0.3) is 0 Å². The lowest BCUT2D eigenvalue weighted by atomic mass is 10.1. The van der Waals surface area contributed by atoms with E-state index in [9.17, 15) is 0 Å². The van der Waals surface area contributed by atoms with E-state index in [1.54, 1.807) is 0 Å². The summed E-state index contributed by atoms with van der Waals surface area (Å²) in [7, 11) is 0. The van der Waals surface area contributed by atoms with Crippen LogP contribution in [-0.2, 0) is 0 Å². The smallest absolute Gasteiger partial charge is 0.0235 e. The summed E-state index contributed by atoms with van der Waals surface area (Å²) in [5, 5.41) is 3.45. The molecule has 0 aromatic heterocycles. The van der Waals surface area contributed by atoms with Crippen molar-refractivity contribution >= 4 is 0 Å². The molecule has 0 aliphatic carbocycles. The third kappa shape index (κ3) is 2.96. The molecule has 1 aliphatic heterocycles. The molecule has 13 heavy (non-hydrogen) atoms. The average molecular weight is 184 g/mol. The normalized spacial score (nSPS) is 25.4. The lowest BCUT2D eigenvalue weighted by Crippen LogP contribution is -2.43. The van der Waals surface area contributed by atoms with Gasteiger partial charge in [0.2, 0.25) is 0 Å². The van der Waals surface area contributed by atoms with Crippen molar-refractivity contribution in [1.29, 1.82) is 0 Å². The molecule has 2 heteroatoms. The van der Waals surface area contributed by atoms with Crippen molar-refractivity contribution in [3.8, 4) is 0 Å². The molecule has 0 saturated carbocycles.